The molecule has 1 aliphatic heterocycles. The van der Waals surface area contributed by atoms with Crippen LogP contribution in [0.4, 0.5) is 5.95 Å². The highest BCUT2D eigenvalue weighted by atomic mass is 31.2. The van der Waals surface area contributed by atoms with Gasteiger partial charge in [0.15, 0.2) is 17.4 Å². The Bertz CT molecular complexity index is 968. The van der Waals surface area contributed by atoms with Crippen LogP contribution in [0.25, 0.3) is 11.2 Å². The van der Waals surface area contributed by atoms with Crippen molar-refractivity contribution in [1.29, 1.82) is 0 Å². The molecular weight excluding hydrogens is 389 g/mol. The molecule has 0 aromatic carbocycles. The van der Waals surface area contributed by atoms with Gasteiger partial charge in [0.05, 0.1) is 6.33 Å². The highest BCUT2D eigenvalue weighted by Gasteiger charge is 2.45. The van der Waals surface area contributed by atoms with Crippen LogP contribution in [0.5, 0.6) is 0 Å². The second kappa shape index (κ2) is 6.99. The molecule has 0 unspecified atom stereocenters. The van der Waals surface area contributed by atoms with Crippen molar-refractivity contribution in [2.75, 3.05) is 18.5 Å². The number of hydrogen-bond acceptors (Lipinski definition) is 10. The zero-order valence-electron chi connectivity index (χ0n) is 13.5. The van der Waals surface area contributed by atoms with E-state index in [9.17, 15) is 24.4 Å². The lowest BCUT2D eigenvalue weighted by Crippen LogP contribution is -2.34. The number of imidazole rings is 1. The largest absolute Gasteiger partial charge is 0.462 e. The standard InChI is InChI=1S/C12H16N5O9P/c13-12-15-9-6(10(21)16-12)14-3-17(9)11-8(20)7(19)4(26-11)1-25-5(18)2-27(22,23)24/h3-4,7-8,11,19-20H,1-2H2,(H2,22,23,24)(H3,13,15,16,21)/t4-,7-,8-,11-/m1/s1. The molecule has 0 amide bonds. The molecule has 0 bridgehead atoms. The molecule has 0 spiro atoms. The number of fused-ring (bicyclic) bond motifs is 1. The molecule has 1 fully saturated rings. The van der Waals surface area contributed by atoms with Crippen LogP contribution in [-0.4, -0.2) is 76.6 Å². The minimum atomic E-state index is -4.59. The molecule has 3 rings (SSSR count). The van der Waals surface area contributed by atoms with Gasteiger partial charge in [0.25, 0.3) is 5.56 Å². The summed E-state index contributed by atoms with van der Waals surface area (Å²) in [6, 6.07) is 0. The molecule has 3 heterocycles. The van der Waals surface area contributed by atoms with E-state index in [1.807, 2.05) is 0 Å². The van der Waals surface area contributed by atoms with Gasteiger partial charge in [-0.1, -0.05) is 0 Å². The topological polar surface area (TPSA) is 223 Å². The smallest absolute Gasteiger partial charge is 0.336 e. The zero-order valence-corrected chi connectivity index (χ0v) is 14.4. The van der Waals surface area contributed by atoms with Gasteiger partial charge < -0.3 is 35.2 Å². The van der Waals surface area contributed by atoms with Crippen molar-refractivity contribution in [1.82, 2.24) is 19.5 Å². The molecule has 15 heteroatoms. The van der Waals surface area contributed by atoms with E-state index >= 15 is 0 Å². The Morgan fingerprint density at radius 1 is 1.41 bits per heavy atom. The summed E-state index contributed by atoms with van der Waals surface area (Å²) in [5.41, 5.74) is 4.83. The van der Waals surface area contributed by atoms with Crippen LogP contribution in [0.15, 0.2) is 11.1 Å². The molecule has 0 aliphatic carbocycles. The molecule has 7 N–H and O–H groups in total. The van der Waals surface area contributed by atoms with Crippen LogP contribution < -0.4 is 11.3 Å². The Morgan fingerprint density at radius 2 is 2.11 bits per heavy atom. The number of hydrogen-bond donors (Lipinski definition) is 6. The predicted octanol–water partition coefficient (Wildman–Crippen LogP) is -2.96. The molecule has 27 heavy (non-hydrogen) atoms. The maximum atomic E-state index is 11.8. The number of nitrogen functional groups attached to an aromatic ring is 1. The third kappa shape index (κ3) is 4.00. The summed E-state index contributed by atoms with van der Waals surface area (Å²) in [5, 5.41) is 20.3. The Kier molecular flexibility index (Phi) is 5.03. The van der Waals surface area contributed by atoms with Crippen molar-refractivity contribution in [2.24, 2.45) is 0 Å². The molecule has 2 aromatic rings. The molecule has 1 saturated heterocycles. The number of aliphatic hydroxyl groups excluding tert-OH is 2. The molecule has 14 nitrogen and oxygen atoms in total. The number of H-pyrrole nitrogens is 1. The van der Waals surface area contributed by atoms with Crippen LogP contribution in [0.1, 0.15) is 6.23 Å². The van der Waals surface area contributed by atoms with Gasteiger partial charge in [-0.05, 0) is 0 Å². The summed E-state index contributed by atoms with van der Waals surface area (Å²) >= 11 is 0. The summed E-state index contributed by atoms with van der Waals surface area (Å²) in [7, 11) is -4.59. The monoisotopic (exact) mass is 405 g/mol. The van der Waals surface area contributed by atoms with E-state index in [1.54, 1.807) is 0 Å². The van der Waals surface area contributed by atoms with Gasteiger partial charge in [-0.15, -0.1) is 0 Å². The van der Waals surface area contributed by atoms with Crippen LogP contribution in [0.2, 0.25) is 0 Å². The summed E-state index contributed by atoms with van der Waals surface area (Å²) < 4.78 is 22.1. The fourth-order valence-electron chi connectivity index (χ4n) is 2.61. The quantitative estimate of drug-likeness (QED) is 0.217. The highest BCUT2D eigenvalue weighted by molar-refractivity contribution is 7.52. The third-order valence-electron chi connectivity index (χ3n) is 3.81. The Labute approximate surface area is 149 Å². The van der Waals surface area contributed by atoms with E-state index in [-0.39, 0.29) is 17.1 Å². The normalized spacial score (nSPS) is 25.8. The lowest BCUT2D eigenvalue weighted by atomic mass is 10.1. The van der Waals surface area contributed by atoms with E-state index in [2.05, 4.69) is 19.7 Å². The molecule has 2 aromatic heterocycles. The number of rotatable bonds is 5. The number of aliphatic hydroxyl groups is 2. The molecular formula is C12H16N5O9P. The number of carbonyl (C=O) groups excluding carboxylic acids is 1. The van der Waals surface area contributed by atoms with Gasteiger partial charge in [0, 0.05) is 0 Å². The molecule has 1 aliphatic rings. The number of nitrogens with one attached hydrogen (secondary N) is 1. The maximum Gasteiger partial charge on any atom is 0.336 e. The third-order valence-corrected chi connectivity index (χ3v) is 4.48. The number of aromatic nitrogens is 4. The number of esters is 1. The van der Waals surface area contributed by atoms with Gasteiger partial charge in [-0.2, -0.15) is 4.98 Å². The van der Waals surface area contributed by atoms with E-state index in [0.717, 1.165) is 6.33 Å². The number of ether oxygens (including phenoxy) is 2. The van der Waals surface area contributed by atoms with Crippen molar-refractivity contribution in [3.05, 3.63) is 16.7 Å². The van der Waals surface area contributed by atoms with Crippen molar-refractivity contribution in [3.8, 4) is 0 Å². The van der Waals surface area contributed by atoms with Crippen LogP contribution >= 0.6 is 7.60 Å². The lowest BCUT2D eigenvalue weighted by molar-refractivity contribution is -0.147. The average Bonchev–Trinajstić information content (AvgIpc) is 3.07. The average molecular weight is 405 g/mol. The van der Waals surface area contributed by atoms with Crippen molar-refractivity contribution in [2.45, 2.75) is 24.5 Å². The van der Waals surface area contributed by atoms with Gasteiger partial charge in [0.1, 0.15) is 31.1 Å². The van der Waals surface area contributed by atoms with Gasteiger partial charge in [0.2, 0.25) is 5.95 Å². The van der Waals surface area contributed by atoms with Gasteiger partial charge >= 0.3 is 13.6 Å². The van der Waals surface area contributed by atoms with Crippen molar-refractivity contribution < 1.29 is 38.8 Å². The fraction of sp³-hybridized carbons (Fsp3) is 0.500. The Balaban J connectivity index is 1.77. The Morgan fingerprint density at radius 3 is 2.78 bits per heavy atom. The summed E-state index contributed by atoms with van der Waals surface area (Å²) in [5.74, 6) is -1.38. The van der Waals surface area contributed by atoms with Gasteiger partial charge in [-0.3, -0.25) is 23.7 Å². The van der Waals surface area contributed by atoms with Crippen molar-refractivity contribution >= 4 is 30.7 Å². The SMILES string of the molecule is Nc1nc2c(ncn2[C@@H]2O[C@H](COC(=O)CP(=O)(O)O)[C@@H](O)[C@H]2O)c(=O)[nH]1. The zero-order chi connectivity index (χ0) is 19.9. The van der Waals surface area contributed by atoms with E-state index < -0.39 is 56.4 Å². The first-order valence-corrected chi connectivity index (χ1v) is 9.30. The maximum absolute atomic E-state index is 11.8. The fourth-order valence-corrected chi connectivity index (χ4v) is 3.04. The molecule has 4 atom stereocenters. The highest BCUT2D eigenvalue weighted by Crippen LogP contribution is 2.34. The Hall–Kier alpha value is -2.35. The van der Waals surface area contributed by atoms with Crippen LogP contribution in [0, 0.1) is 0 Å². The predicted molar refractivity (Wildman–Crippen MR) is 86.4 cm³/mol. The summed E-state index contributed by atoms with van der Waals surface area (Å²) in [6.07, 6.45) is -5.36. The first kappa shape index (κ1) is 19.4. The summed E-state index contributed by atoms with van der Waals surface area (Å²) in [6.45, 7) is -0.559. The summed E-state index contributed by atoms with van der Waals surface area (Å²) in [4.78, 5) is 50.7. The minimum Gasteiger partial charge on any atom is -0.462 e. The second-order valence-corrected chi connectivity index (χ2v) is 7.47. The van der Waals surface area contributed by atoms with Gasteiger partial charge in [-0.25, -0.2) is 4.98 Å². The van der Waals surface area contributed by atoms with E-state index in [1.165, 1.54) is 4.57 Å². The molecule has 0 radical (unpaired) electrons. The number of nitrogens with two attached hydrogens (primary N) is 1. The van der Waals surface area contributed by atoms with E-state index in [0.29, 0.717) is 0 Å². The van der Waals surface area contributed by atoms with Crippen molar-refractivity contribution in [3.63, 3.8) is 0 Å². The van der Waals surface area contributed by atoms with E-state index in [4.69, 9.17) is 20.3 Å². The van der Waals surface area contributed by atoms with Crippen LogP contribution in [-0.2, 0) is 18.8 Å². The molecule has 148 valence electrons. The first-order chi connectivity index (χ1) is 12.6. The number of carbonyl (C=O) groups is 1. The first-order valence-electron chi connectivity index (χ1n) is 7.51. The van der Waals surface area contributed by atoms with Crippen LogP contribution in [0.3, 0.4) is 0 Å². The second-order valence-electron chi connectivity index (χ2n) is 5.83. The lowest BCUT2D eigenvalue weighted by Gasteiger charge is -2.16. The number of aromatic amines is 1. The number of anilines is 1. The number of nitrogens with zero attached hydrogens (tertiary/aromatic N) is 3. The molecule has 0 saturated carbocycles. The minimum absolute atomic E-state index is 0.00615.